The molecule has 3 unspecified atom stereocenters. The molecule has 68 heavy (non-hydrogen) atoms. The summed E-state index contributed by atoms with van der Waals surface area (Å²) in [6, 6.07) is 71.4. The summed E-state index contributed by atoms with van der Waals surface area (Å²) in [4.78, 5) is 11.4. The maximum Gasteiger partial charge on any atom is 0.159 e. The average Bonchev–Trinajstić information content (AvgIpc) is 4.06. The Labute approximate surface area is 392 Å². The normalized spacial score (nSPS) is 17.4. The van der Waals surface area contributed by atoms with Crippen molar-refractivity contribution in [3.63, 3.8) is 0 Å². The molecule has 0 spiro atoms. The third-order valence-electron chi connectivity index (χ3n) is 14.3. The Kier molecular flexibility index (Phi) is 8.59. The summed E-state index contributed by atoms with van der Waals surface area (Å²) in [7, 11) is 0. The summed E-state index contributed by atoms with van der Waals surface area (Å²) >= 11 is 0. The molecule has 0 saturated heterocycles. The van der Waals surface area contributed by atoms with Crippen LogP contribution in [-0.2, 0) is 0 Å². The molecule has 4 heterocycles. The smallest absolute Gasteiger partial charge is 0.159 e. The molecule has 0 bridgehead atoms. The van der Waals surface area contributed by atoms with Gasteiger partial charge in [-0.3, -0.25) is 0 Å². The zero-order valence-corrected chi connectivity index (χ0v) is 37.2. The minimum absolute atomic E-state index is 0.00551. The summed E-state index contributed by atoms with van der Waals surface area (Å²) in [5.41, 5.74) is 12.5. The number of aromatic nitrogens is 2. The van der Waals surface area contributed by atoms with Gasteiger partial charge in [0.2, 0.25) is 0 Å². The first-order chi connectivity index (χ1) is 33.6. The van der Waals surface area contributed by atoms with Crippen LogP contribution in [0.1, 0.15) is 23.6 Å². The molecule has 0 radical (unpaired) electrons. The van der Waals surface area contributed by atoms with Crippen LogP contribution >= 0.6 is 0 Å². The number of aliphatic imine (C=N–C) groups is 2. The van der Waals surface area contributed by atoms with Crippen molar-refractivity contribution in [3.8, 4) is 11.4 Å². The van der Waals surface area contributed by atoms with Gasteiger partial charge in [-0.15, -0.1) is 0 Å². The zero-order valence-electron chi connectivity index (χ0n) is 37.2. The molecule has 1 aliphatic carbocycles. The number of amidine groups is 2. The monoisotopic (exact) mass is 873 g/mol. The van der Waals surface area contributed by atoms with Crippen molar-refractivity contribution in [2.24, 2.45) is 21.8 Å². The van der Waals surface area contributed by atoms with Gasteiger partial charge in [0.1, 0.15) is 23.2 Å². The van der Waals surface area contributed by atoms with Gasteiger partial charge in [-0.05, 0) is 82.4 Å². The molecule has 3 aromatic heterocycles. The number of para-hydroxylation sites is 4. The number of furan rings is 1. The van der Waals surface area contributed by atoms with Crippen molar-refractivity contribution >= 4 is 93.6 Å². The third-order valence-corrected chi connectivity index (χ3v) is 14.3. The Hall–Kier alpha value is -8.74. The van der Waals surface area contributed by atoms with Gasteiger partial charge < -0.3 is 18.9 Å². The second-order valence-corrected chi connectivity index (χ2v) is 18.2. The highest BCUT2D eigenvalue weighted by molar-refractivity contribution is 6.26. The number of fused-ring (bicyclic) bond motifs is 10. The van der Waals surface area contributed by atoms with Gasteiger partial charge in [0.05, 0.1) is 27.8 Å². The first-order valence-electron chi connectivity index (χ1n) is 23.5. The van der Waals surface area contributed by atoms with Gasteiger partial charge in [-0.1, -0.05) is 165 Å². The maximum atomic E-state index is 6.85. The quantitative estimate of drug-likeness (QED) is 0.181. The average molecular weight is 874 g/mol. The van der Waals surface area contributed by atoms with Crippen LogP contribution in [0.2, 0.25) is 0 Å². The molecule has 1 aliphatic heterocycles. The lowest BCUT2D eigenvalue weighted by atomic mass is 9.83. The van der Waals surface area contributed by atoms with E-state index in [1.807, 2.05) is 6.07 Å². The van der Waals surface area contributed by atoms with E-state index in [1.54, 1.807) is 0 Å². The molecule has 1 N–H and O–H groups in total. The summed E-state index contributed by atoms with van der Waals surface area (Å²) < 4.78 is 11.6. The first-order valence-corrected chi connectivity index (χ1v) is 23.5. The molecule has 0 saturated carbocycles. The van der Waals surface area contributed by atoms with E-state index in [4.69, 9.17) is 14.4 Å². The topological polar surface area (TPSA) is 59.8 Å². The molecule has 0 fully saturated rings. The van der Waals surface area contributed by atoms with Crippen LogP contribution in [0.25, 0.3) is 93.3 Å². The molecule has 322 valence electrons. The van der Waals surface area contributed by atoms with Crippen LogP contribution in [0.5, 0.6) is 0 Å². The second-order valence-electron chi connectivity index (χ2n) is 18.2. The number of rotatable bonds is 6. The number of nitrogens with zero attached hydrogens (tertiary/aromatic N) is 4. The fraction of sp³-hybridized carbons (Fsp3) is 0.0645. The van der Waals surface area contributed by atoms with Gasteiger partial charge in [0.15, 0.2) is 5.84 Å². The lowest BCUT2D eigenvalue weighted by Gasteiger charge is -2.33. The number of hydrogen-bond donors (Lipinski definition) is 1. The molecular formula is C62H43N5O. The van der Waals surface area contributed by atoms with E-state index in [-0.39, 0.29) is 18.0 Å². The Morgan fingerprint density at radius 2 is 1.16 bits per heavy atom. The number of nitrogens with one attached hydrogen (secondary N) is 1. The molecule has 12 aromatic rings. The van der Waals surface area contributed by atoms with Crippen LogP contribution in [-0.4, -0.2) is 27.0 Å². The fourth-order valence-corrected chi connectivity index (χ4v) is 11.1. The number of benzene rings is 9. The molecule has 14 rings (SSSR count). The Bertz CT molecular complexity index is 4150. The van der Waals surface area contributed by atoms with Crippen LogP contribution in [0.15, 0.2) is 233 Å². The minimum atomic E-state index is -0.356. The summed E-state index contributed by atoms with van der Waals surface area (Å²) in [6.07, 6.45) is 6.64. The van der Waals surface area contributed by atoms with Crippen LogP contribution in [0.3, 0.4) is 0 Å². The third kappa shape index (κ3) is 5.97. The van der Waals surface area contributed by atoms with Gasteiger partial charge in [-0.2, -0.15) is 0 Å². The zero-order chi connectivity index (χ0) is 44.9. The molecular weight excluding hydrogens is 831 g/mol. The molecule has 6 nitrogen and oxygen atoms in total. The lowest BCUT2D eigenvalue weighted by Crippen LogP contribution is -2.45. The van der Waals surface area contributed by atoms with Crippen LogP contribution < -0.4 is 5.32 Å². The van der Waals surface area contributed by atoms with Crippen molar-refractivity contribution in [3.05, 3.63) is 235 Å². The SMILES string of the molecule is CC1C=CC(c2ccccc2)=CC1C1N=C(c2cccc3c2c2ccccc2n3-c2ccccc2)N=C(c2cc(-n3c4ccccc4c4cc5ccccc5cc43)cc3oc4ccccc4c23)N1. The van der Waals surface area contributed by atoms with E-state index in [1.165, 1.54) is 32.7 Å². The highest BCUT2D eigenvalue weighted by atomic mass is 16.3. The molecule has 6 heteroatoms. The summed E-state index contributed by atoms with van der Waals surface area (Å²) in [5, 5.41) is 13.1. The molecule has 9 aromatic carbocycles. The number of allylic oxidation sites excluding steroid dienone is 3. The first kappa shape index (κ1) is 38.5. The van der Waals surface area contributed by atoms with Crippen molar-refractivity contribution in [2.45, 2.75) is 13.1 Å². The van der Waals surface area contributed by atoms with Crippen LogP contribution in [0, 0.1) is 11.8 Å². The second kappa shape index (κ2) is 15.2. The highest BCUT2D eigenvalue weighted by Gasteiger charge is 2.33. The highest BCUT2D eigenvalue weighted by Crippen LogP contribution is 2.41. The lowest BCUT2D eigenvalue weighted by molar-refractivity contribution is 0.396. The Morgan fingerprint density at radius 1 is 0.500 bits per heavy atom. The Morgan fingerprint density at radius 3 is 1.99 bits per heavy atom. The standard InChI is InChI=1S/C62H43N5O/c1-38-31-32-42(39-17-4-2-5-18-39)33-49(38)61-63-60(48-26-16-29-54-58(48)46-24-11-14-28-53(46)66(54)43-21-6-3-7-22-43)64-62(65-61)51-36-44(37-57-59(51)47-25-12-15-30-56(47)68-57)67-52-27-13-10-23-45(52)50-34-40-19-8-9-20-41(40)35-55(50)67/h2-38,49,61H,1H3,(H,63,64,65). The van der Waals surface area contributed by atoms with Crippen molar-refractivity contribution in [1.82, 2.24) is 14.5 Å². The van der Waals surface area contributed by atoms with E-state index in [0.29, 0.717) is 5.84 Å². The number of hydrogen-bond acceptors (Lipinski definition) is 4. The van der Waals surface area contributed by atoms with Gasteiger partial charge in [-0.25, -0.2) is 9.98 Å². The van der Waals surface area contributed by atoms with E-state index >= 15 is 0 Å². The van der Waals surface area contributed by atoms with E-state index in [2.05, 4.69) is 234 Å². The van der Waals surface area contributed by atoms with Gasteiger partial charge in [0, 0.05) is 61.1 Å². The fourth-order valence-electron chi connectivity index (χ4n) is 11.1. The maximum absolute atomic E-state index is 6.85. The molecule has 0 amide bonds. The van der Waals surface area contributed by atoms with E-state index in [9.17, 15) is 0 Å². The predicted molar refractivity (Wildman–Crippen MR) is 283 cm³/mol. The van der Waals surface area contributed by atoms with Gasteiger partial charge >= 0.3 is 0 Å². The Balaban J connectivity index is 1.04. The van der Waals surface area contributed by atoms with Crippen LogP contribution in [0.4, 0.5) is 0 Å². The summed E-state index contributed by atoms with van der Waals surface area (Å²) in [6.45, 7) is 2.30. The minimum Gasteiger partial charge on any atom is -0.456 e. The van der Waals surface area contributed by atoms with Gasteiger partial charge in [0.25, 0.3) is 0 Å². The van der Waals surface area contributed by atoms with Crippen molar-refractivity contribution in [1.29, 1.82) is 0 Å². The van der Waals surface area contributed by atoms with E-state index < -0.39 is 0 Å². The largest absolute Gasteiger partial charge is 0.456 e. The summed E-state index contributed by atoms with van der Waals surface area (Å²) in [5.74, 6) is 1.64. The van der Waals surface area contributed by atoms with E-state index in [0.717, 1.165) is 83.1 Å². The molecule has 3 atom stereocenters. The van der Waals surface area contributed by atoms with Crippen molar-refractivity contribution < 1.29 is 4.42 Å². The van der Waals surface area contributed by atoms with Crippen molar-refractivity contribution in [2.75, 3.05) is 0 Å². The molecule has 2 aliphatic rings. The predicted octanol–water partition coefficient (Wildman–Crippen LogP) is 15.0.